The zero-order chi connectivity index (χ0) is 19.2. The molecule has 144 valence electrons. The summed E-state index contributed by atoms with van der Waals surface area (Å²) < 4.78 is 37.1. The van der Waals surface area contributed by atoms with E-state index in [1.807, 2.05) is 24.3 Å². The number of nitrogens with one attached hydrogen (secondary N) is 1. The van der Waals surface area contributed by atoms with E-state index in [-0.39, 0.29) is 11.6 Å². The minimum atomic E-state index is -1.04. The van der Waals surface area contributed by atoms with Crippen molar-refractivity contribution in [3.8, 4) is 5.75 Å². The summed E-state index contributed by atoms with van der Waals surface area (Å²) >= 11 is 0. The largest absolute Gasteiger partial charge is 0.497 e. The Morgan fingerprint density at radius 2 is 1.85 bits per heavy atom. The van der Waals surface area contributed by atoms with E-state index >= 15 is 0 Å². The summed E-state index contributed by atoms with van der Waals surface area (Å²) in [4.78, 5) is 14.6. The molecule has 0 saturated carbocycles. The van der Waals surface area contributed by atoms with Gasteiger partial charge in [0.2, 0.25) is 0 Å². The minimum Gasteiger partial charge on any atom is -0.497 e. The quantitative estimate of drug-likeness (QED) is 0.842. The third kappa shape index (κ3) is 4.81. The number of ether oxygens (including phenoxy) is 2. The molecule has 1 saturated heterocycles. The predicted molar refractivity (Wildman–Crippen MR) is 96.8 cm³/mol. The zero-order valence-electron chi connectivity index (χ0n) is 15.1. The van der Waals surface area contributed by atoms with Gasteiger partial charge in [0.1, 0.15) is 5.75 Å². The van der Waals surface area contributed by atoms with Gasteiger partial charge < -0.3 is 14.8 Å². The molecule has 0 spiro atoms. The number of halogens is 2. The average Bonchev–Trinajstić information content (AvgIpc) is 2.71. The topological polar surface area (TPSA) is 50.8 Å². The molecule has 0 bridgehead atoms. The van der Waals surface area contributed by atoms with Gasteiger partial charge in [0, 0.05) is 25.2 Å². The molecule has 0 aliphatic carbocycles. The fraction of sp³-hybridized carbons (Fsp3) is 0.350. The van der Waals surface area contributed by atoms with Gasteiger partial charge in [-0.05, 0) is 35.9 Å². The standard InChI is InChI=1S/C20H22F2N2O3/c1-26-16-5-2-14(3-6-16)19(24-8-10-27-11-9-24)13-23-20(25)15-4-7-17(21)18(22)12-15/h2-7,12,19H,8-11,13H2,1H3,(H,23,25). The first-order valence-corrected chi connectivity index (χ1v) is 8.77. The van der Waals surface area contributed by atoms with Crippen molar-refractivity contribution < 1.29 is 23.0 Å². The van der Waals surface area contributed by atoms with Crippen LogP contribution in [0.25, 0.3) is 0 Å². The molecule has 1 heterocycles. The molecule has 3 rings (SSSR count). The van der Waals surface area contributed by atoms with Gasteiger partial charge in [0.15, 0.2) is 11.6 Å². The van der Waals surface area contributed by atoms with Gasteiger partial charge in [-0.2, -0.15) is 0 Å². The summed E-state index contributed by atoms with van der Waals surface area (Å²) in [6, 6.07) is 10.7. The van der Waals surface area contributed by atoms with Crippen LogP contribution in [-0.4, -0.2) is 50.8 Å². The van der Waals surface area contributed by atoms with Gasteiger partial charge in [-0.15, -0.1) is 0 Å². The van der Waals surface area contributed by atoms with Crippen LogP contribution < -0.4 is 10.1 Å². The number of carbonyl (C=O) groups is 1. The van der Waals surface area contributed by atoms with Crippen molar-refractivity contribution in [1.29, 1.82) is 0 Å². The molecule has 1 aliphatic heterocycles. The lowest BCUT2D eigenvalue weighted by Gasteiger charge is -2.35. The van der Waals surface area contributed by atoms with Gasteiger partial charge in [-0.1, -0.05) is 12.1 Å². The number of morpholine rings is 1. The van der Waals surface area contributed by atoms with Gasteiger partial charge in [-0.3, -0.25) is 9.69 Å². The normalized spacial score (nSPS) is 16.0. The van der Waals surface area contributed by atoms with E-state index in [0.717, 1.165) is 36.5 Å². The molecule has 7 heteroatoms. The summed E-state index contributed by atoms with van der Waals surface area (Å²) in [7, 11) is 1.61. The van der Waals surface area contributed by atoms with E-state index in [9.17, 15) is 13.6 Å². The molecular weight excluding hydrogens is 354 g/mol. The maximum atomic E-state index is 13.4. The van der Waals surface area contributed by atoms with E-state index < -0.39 is 17.5 Å². The number of benzene rings is 2. The third-order valence-corrected chi connectivity index (χ3v) is 4.62. The van der Waals surface area contributed by atoms with Crippen LogP contribution in [0.2, 0.25) is 0 Å². The van der Waals surface area contributed by atoms with E-state index in [1.54, 1.807) is 7.11 Å². The summed E-state index contributed by atoms with van der Waals surface area (Å²) in [6.07, 6.45) is 0. The second kappa shape index (κ2) is 8.92. The van der Waals surface area contributed by atoms with Gasteiger partial charge in [0.05, 0.1) is 26.4 Å². The Kier molecular flexibility index (Phi) is 6.36. The lowest BCUT2D eigenvalue weighted by Crippen LogP contribution is -2.43. The summed E-state index contributed by atoms with van der Waals surface area (Å²) in [5.41, 5.74) is 1.12. The molecule has 1 amide bonds. The second-order valence-electron chi connectivity index (χ2n) is 6.28. The maximum Gasteiger partial charge on any atom is 0.251 e. The van der Waals surface area contributed by atoms with Crippen LogP contribution in [0.4, 0.5) is 8.78 Å². The SMILES string of the molecule is COc1ccc(C(CNC(=O)c2ccc(F)c(F)c2)N2CCOCC2)cc1. The molecule has 5 nitrogen and oxygen atoms in total. The third-order valence-electron chi connectivity index (χ3n) is 4.62. The highest BCUT2D eigenvalue weighted by molar-refractivity contribution is 5.94. The Bertz CT molecular complexity index is 777. The summed E-state index contributed by atoms with van der Waals surface area (Å²) in [5, 5.41) is 2.83. The number of amides is 1. The smallest absolute Gasteiger partial charge is 0.251 e. The lowest BCUT2D eigenvalue weighted by atomic mass is 10.0. The first-order valence-electron chi connectivity index (χ1n) is 8.77. The van der Waals surface area contributed by atoms with Crippen LogP contribution in [0.5, 0.6) is 5.75 Å². The number of hydrogen-bond donors (Lipinski definition) is 1. The van der Waals surface area contributed by atoms with Crippen molar-refractivity contribution in [2.24, 2.45) is 0 Å². The van der Waals surface area contributed by atoms with Crippen LogP contribution in [0, 0.1) is 11.6 Å². The minimum absolute atomic E-state index is 0.0611. The van der Waals surface area contributed by atoms with Gasteiger partial charge in [0.25, 0.3) is 5.91 Å². The van der Waals surface area contributed by atoms with Crippen molar-refractivity contribution >= 4 is 5.91 Å². The van der Waals surface area contributed by atoms with E-state index in [4.69, 9.17) is 9.47 Å². The number of methoxy groups -OCH3 is 1. The lowest BCUT2D eigenvalue weighted by molar-refractivity contribution is 0.0162. The van der Waals surface area contributed by atoms with Crippen molar-refractivity contribution in [1.82, 2.24) is 10.2 Å². The van der Waals surface area contributed by atoms with Crippen molar-refractivity contribution in [2.75, 3.05) is 40.0 Å². The number of carbonyl (C=O) groups excluding carboxylic acids is 1. The Morgan fingerprint density at radius 3 is 2.48 bits per heavy atom. The molecule has 1 aliphatic rings. The van der Waals surface area contributed by atoms with E-state index in [2.05, 4.69) is 10.2 Å². The monoisotopic (exact) mass is 376 g/mol. The highest BCUT2D eigenvalue weighted by Gasteiger charge is 2.23. The summed E-state index contributed by atoms with van der Waals surface area (Å²) in [6.45, 7) is 3.09. The maximum absolute atomic E-state index is 13.4. The fourth-order valence-electron chi connectivity index (χ4n) is 3.10. The number of rotatable bonds is 6. The van der Waals surface area contributed by atoms with E-state index in [0.29, 0.717) is 19.8 Å². The summed E-state index contributed by atoms with van der Waals surface area (Å²) in [5.74, 6) is -1.70. The molecule has 0 aromatic heterocycles. The average molecular weight is 376 g/mol. The first kappa shape index (κ1) is 19.3. The predicted octanol–water partition coefficient (Wildman–Crippen LogP) is 2.78. The molecular formula is C20H22F2N2O3. The molecule has 1 unspecified atom stereocenters. The second-order valence-corrected chi connectivity index (χ2v) is 6.28. The first-order chi connectivity index (χ1) is 13.1. The van der Waals surface area contributed by atoms with Crippen molar-refractivity contribution in [3.63, 3.8) is 0 Å². The Balaban J connectivity index is 1.73. The Morgan fingerprint density at radius 1 is 1.15 bits per heavy atom. The van der Waals surface area contributed by atoms with Crippen LogP contribution in [0.3, 0.4) is 0 Å². The molecule has 1 N–H and O–H groups in total. The Hall–Kier alpha value is -2.51. The molecule has 1 atom stereocenters. The van der Waals surface area contributed by atoms with Crippen molar-refractivity contribution in [3.05, 3.63) is 65.2 Å². The van der Waals surface area contributed by atoms with Crippen molar-refractivity contribution in [2.45, 2.75) is 6.04 Å². The Labute approximate surface area is 156 Å². The van der Waals surface area contributed by atoms with Gasteiger partial charge in [-0.25, -0.2) is 8.78 Å². The molecule has 27 heavy (non-hydrogen) atoms. The molecule has 2 aromatic carbocycles. The van der Waals surface area contributed by atoms with Crippen LogP contribution >= 0.6 is 0 Å². The fourth-order valence-corrected chi connectivity index (χ4v) is 3.10. The molecule has 2 aromatic rings. The highest BCUT2D eigenvalue weighted by Crippen LogP contribution is 2.24. The number of nitrogens with zero attached hydrogens (tertiary/aromatic N) is 1. The zero-order valence-corrected chi connectivity index (χ0v) is 15.1. The van der Waals surface area contributed by atoms with Crippen LogP contribution in [0.1, 0.15) is 22.0 Å². The number of hydrogen-bond acceptors (Lipinski definition) is 4. The highest BCUT2D eigenvalue weighted by atomic mass is 19.2. The molecule has 0 radical (unpaired) electrons. The van der Waals surface area contributed by atoms with Crippen LogP contribution in [0.15, 0.2) is 42.5 Å². The molecule has 1 fully saturated rings. The van der Waals surface area contributed by atoms with Gasteiger partial charge >= 0.3 is 0 Å². The van der Waals surface area contributed by atoms with Crippen LogP contribution in [-0.2, 0) is 4.74 Å². The van der Waals surface area contributed by atoms with E-state index in [1.165, 1.54) is 6.07 Å².